The molecule has 0 saturated heterocycles. The van der Waals surface area contributed by atoms with Crippen LogP contribution in [-0.4, -0.2) is 34.8 Å². The van der Waals surface area contributed by atoms with E-state index in [4.69, 9.17) is 21.1 Å². The summed E-state index contributed by atoms with van der Waals surface area (Å²) in [4.78, 5) is 13.3. The molecule has 40 heavy (non-hydrogen) atoms. The van der Waals surface area contributed by atoms with E-state index in [-0.39, 0.29) is 29.8 Å². The van der Waals surface area contributed by atoms with E-state index < -0.39 is 50.7 Å². The van der Waals surface area contributed by atoms with E-state index in [0.29, 0.717) is 22.7 Å². The summed E-state index contributed by atoms with van der Waals surface area (Å²) in [6.07, 6.45) is -9.45. The van der Waals surface area contributed by atoms with Crippen molar-refractivity contribution in [2.24, 2.45) is 0 Å². The van der Waals surface area contributed by atoms with Crippen LogP contribution >= 0.6 is 11.6 Å². The van der Waals surface area contributed by atoms with Gasteiger partial charge in [-0.1, -0.05) is 23.7 Å². The van der Waals surface area contributed by atoms with Gasteiger partial charge in [0.05, 0.1) is 49.4 Å². The Balaban J connectivity index is 2.18. The van der Waals surface area contributed by atoms with Gasteiger partial charge in [0.25, 0.3) is 5.91 Å². The summed E-state index contributed by atoms with van der Waals surface area (Å²) in [7, 11) is -1.67. The molecular weight excluding hydrogens is 590 g/mol. The predicted octanol–water partition coefficient (Wildman–Crippen LogP) is 6.61. The smallest absolute Gasteiger partial charge is 0.416 e. The summed E-state index contributed by atoms with van der Waals surface area (Å²) in [6, 6.07) is 8.85. The Bertz CT molecular complexity index is 1480. The number of nitrogens with zero attached hydrogens (tertiary/aromatic N) is 1. The predicted molar refractivity (Wildman–Crippen MR) is 136 cm³/mol. The van der Waals surface area contributed by atoms with E-state index in [2.05, 4.69) is 0 Å². The van der Waals surface area contributed by atoms with E-state index >= 15 is 0 Å². The number of carbonyl (C=O) groups is 1. The van der Waals surface area contributed by atoms with Gasteiger partial charge in [0.2, 0.25) is 10.0 Å². The highest BCUT2D eigenvalue weighted by Crippen LogP contribution is 2.40. The van der Waals surface area contributed by atoms with Gasteiger partial charge in [-0.2, -0.15) is 26.3 Å². The van der Waals surface area contributed by atoms with Crippen molar-refractivity contribution in [3.8, 4) is 11.5 Å². The van der Waals surface area contributed by atoms with E-state index in [1.807, 2.05) is 5.32 Å². The second kappa shape index (κ2) is 11.5. The van der Waals surface area contributed by atoms with Crippen LogP contribution in [0, 0.1) is 0 Å². The number of anilines is 2. The van der Waals surface area contributed by atoms with Gasteiger partial charge in [0.1, 0.15) is 0 Å². The summed E-state index contributed by atoms with van der Waals surface area (Å²) in [5, 5.41) is 2.39. The second-order valence-corrected chi connectivity index (χ2v) is 10.7. The molecule has 0 aliphatic rings. The number of hydrogen-bond donors (Lipinski definition) is 1. The first-order valence-corrected chi connectivity index (χ1v) is 13.3. The number of benzene rings is 3. The normalized spacial score (nSPS) is 12.2. The van der Waals surface area contributed by atoms with Crippen LogP contribution in [0.2, 0.25) is 5.02 Å². The van der Waals surface area contributed by atoms with Crippen molar-refractivity contribution < 1.29 is 49.0 Å². The zero-order valence-corrected chi connectivity index (χ0v) is 22.5. The lowest BCUT2D eigenvalue weighted by Gasteiger charge is -2.26. The fourth-order valence-corrected chi connectivity index (χ4v) is 4.64. The van der Waals surface area contributed by atoms with Crippen molar-refractivity contribution in [3.63, 3.8) is 0 Å². The molecular formula is C25H21ClF6N2O5S. The molecule has 0 aromatic heterocycles. The lowest BCUT2D eigenvalue weighted by Crippen LogP contribution is -2.31. The van der Waals surface area contributed by atoms with Gasteiger partial charge in [-0.3, -0.25) is 9.10 Å². The third-order valence-corrected chi connectivity index (χ3v) is 6.88. The number of carbonyl (C=O) groups excluding carboxylic acids is 1. The molecule has 0 radical (unpaired) electrons. The van der Waals surface area contributed by atoms with Gasteiger partial charge in [-0.05, 0) is 42.0 Å². The number of rotatable bonds is 8. The van der Waals surface area contributed by atoms with Crippen molar-refractivity contribution in [1.82, 2.24) is 0 Å². The topological polar surface area (TPSA) is 84.9 Å². The van der Waals surface area contributed by atoms with Crippen molar-refractivity contribution >= 4 is 38.9 Å². The Hall–Kier alpha value is -3.65. The maximum atomic E-state index is 13.3. The first-order chi connectivity index (χ1) is 18.4. The molecule has 15 heteroatoms. The number of halogens is 7. The maximum Gasteiger partial charge on any atom is 0.416 e. The summed E-state index contributed by atoms with van der Waals surface area (Å²) in [6.45, 7) is -0.312. The Morgan fingerprint density at radius 3 is 1.82 bits per heavy atom. The molecule has 0 fully saturated rings. The van der Waals surface area contributed by atoms with Crippen LogP contribution in [0.1, 0.15) is 27.0 Å². The Labute approximate surface area is 230 Å². The number of alkyl halides is 6. The summed E-state index contributed by atoms with van der Waals surface area (Å²) < 4.78 is 117. The monoisotopic (exact) mass is 610 g/mol. The fraction of sp³-hybridized carbons (Fsp3) is 0.240. The SMILES string of the molecule is COc1cc(C(=O)Nc2cc(C(F)(F)F)cc(C(F)(F)F)c2)c(N(Cc2ccc(Cl)cc2)S(C)(=O)=O)cc1OC. The van der Waals surface area contributed by atoms with Crippen molar-refractivity contribution in [3.05, 3.63) is 81.9 Å². The number of nitrogens with one attached hydrogen (secondary N) is 1. The van der Waals surface area contributed by atoms with Crippen molar-refractivity contribution in [2.75, 3.05) is 30.1 Å². The van der Waals surface area contributed by atoms with Gasteiger partial charge in [-0.25, -0.2) is 8.42 Å². The number of methoxy groups -OCH3 is 2. The van der Waals surface area contributed by atoms with Crippen LogP contribution < -0.4 is 19.1 Å². The standard InChI is InChI=1S/C25H21ClF6N2O5S/c1-38-21-11-19(23(35)33-18-9-15(24(27,28)29)8-16(10-18)25(30,31)32)20(12-22(21)39-2)34(40(3,36)37)13-14-4-6-17(26)7-5-14/h4-12H,13H2,1-3H3,(H,33,35). The summed E-state index contributed by atoms with van der Waals surface area (Å²) in [5.41, 5.74) is -4.39. The first-order valence-electron chi connectivity index (χ1n) is 11.0. The van der Waals surface area contributed by atoms with Gasteiger partial charge in [0.15, 0.2) is 11.5 Å². The molecule has 3 rings (SSSR count). The maximum absolute atomic E-state index is 13.3. The Morgan fingerprint density at radius 2 is 1.38 bits per heavy atom. The summed E-state index contributed by atoms with van der Waals surface area (Å²) in [5.74, 6) is -1.28. The van der Waals surface area contributed by atoms with E-state index in [0.717, 1.165) is 22.7 Å². The molecule has 1 N–H and O–H groups in total. The minimum absolute atomic E-state index is 0.00256. The second-order valence-electron chi connectivity index (χ2n) is 8.37. The largest absolute Gasteiger partial charge is 0.493 e. The molecule has 0 aliphatic heterocycles. The fourth-order valence-electron chi connectivity index (χ4n) is 3.62. The third-order valence-electron chi connectivity index (χ3n) is 5.50. The van der Waals surface area contributed by atoms with Gasteiger partial charge >= 0.3 is 12.4 Å². The Kier molecular flexibility index (Phi) is 8.84. The highest BCUT2D eigenvalue weighted by Gasteiger charge is 2.37. The van der Waals surface area contributed by atoms with E-state index in [9.17, 15) is 39.6 Å². The average Bonchev–Trinajstić information content (AvgIpc) is 2.85. The molecule has 0 spiro atoms. The molecule has 3 aromatic carbocycles. The third kappa shape index (κ3) is 7.30. The number of hydrogen-bond acceptors (Lipinski definition) is 5. The van der Waals surface area contributed by atoms with Gasteiger partial charge in [0, 0.05) is 16.8 Å². The minimum Gasteiger partial charge on any atom is -0.493 e. The molecule has 3 aromatic rings. The van der Waals surface area contributed by atoms with E-state index in [1.54, 1.807) is 0 Å². The number of amides is 1. The summed E-state index contributed by atoms with van der Waals surface area (Å²) >= 11 is 5.89. The molecule has 7 nitrogen and oxygen atoms in total. The van der Waals surface area contributed by atoms with Crippen LogP contribution in [0.15, 0.2) is 54.6 Å². The zero-order valence-electron chi connectivity index (χ0n) is 20.9. The van der Waals surface area contributed by atoms with E-state index in [1.165, 1.54) is 38.5 Å². The van der Waals surface area contributed by atoms with Crippen LogP contribution in [0.4, 0.5) is 37.7 Å². The lowest BCUT2D eigenvalue weighted by atomic mass is 10.1. The van der Waals surface area contributed by atoms with Gasteiger partial charge < -0.3 is 14.8 Å². The van der Waals surface area contributed by atoms with Crippen molar-refractivity contribution in [1.29, 1.82) is 0 Å². The van der Waals surface area contributed by atoms with Gasteiger partial charge in [-0.15, -0.1) is 0 Å². The first kappa shape index (κ1) is 30.9. The number of sulfonamides is 1. The molecule has 1 amide bonds. The average molecular weight is 611 g/mol. The number of ether oxygens (including phenoxy) is 2. The minimum atomic E-state index is -5.15. The molecule has 0 bridgehead atoms. The molecule has 0 aliphatic carbocycles. The molecule has 0 atom stereocenters. The van der Waals surface area contributed by atoms with Crippen molar-refractivity contribution in [2.45, 2.75) is 18.9 Å². The van der Waals surface area contributed by atoms with Crippen LogP contribution in [-0.2, 0) is 28.9 Å². The quantitative estimate of drug-likeness (QED) is 0.290. The van der Waals surface area contributed by atoms with Crippen LogP contribution in [0.25, 0.3) is 0 Å². The Morgan fingerprint density at radius 1 is 0.875 bits per heavy atom. The van der Waals surface area contributed by atoms with Crippen LogP contribution in [0.5, 0.6) is 11.5 Å². The zero-order chi connectivity index (χ0) is 30.0. The highest BCUT2D eigenvalue weighted by molar-refractivity contribution is 7.92. The molecule has 0 heterocycles. The molecule has 0 saturated carbocycles. The molecule has 216 valence electrons. The van der Waals surface area contributed by atoms with Crippen LogP contribution in [0.3, 0.4) is 0 Å². The molecule has 0 unspecified atom stereocenters. The highest BCUT2D eigenvalue weighted by atomic mass is 35.5. The lowest BCUT2D eigenvalue weighted by molar-refractivity contribution is -0.143.